The van der Waals surface area contributed by atoms with Gasteiger partial charge in [-0.15, -0.1) is 0 Å². The van der Waals surface area contributed by atoms with Crippen molar-refractivity contribution in [2.24, 2.45) is 0 Å². The van der Waals surface area contributed by atoms with Crippen molar-refractivity contribution in [3.8, 4) is 11.5 Å². The van der Waals surface area contributed by atoms with E-state index in [-0.39, 0.29) is 0 Å². The van der Waals surface area contributed by atoms with Gasteiger partial charge in [0, 0.05) is 29.7 Å². The zero-order chi connectivity index (χ0) is 14.7. The first-order valence-electron chi connectivity index (χ1n) is 7.41. The zero-order valence-corrected chi connectivity index (χ0v) is 12.9. The quantitative estimate of drug-likeness (QED) is 0.921. The first kappa shape index (κ1) is 14.6. The number of oxazole rings is 1. The summed E-state index contributed by atoms with van der Waals surface area (Å²) in [5, 5.41) is 4.10. The lowest BCUT2D eigenvalue weighted by molar-refractivity contribution is 0.208. The van der Waals surface area contributed by atoms with Gasteiger partial charge in [0.1, 0.15) is 6.26 Å². The molecule has 1 N–H and O–H groups in total. The van der Waals surface area contributed by atoms with Crippen molar-refractivity contribution < 1.29 is 4.42 Å². The Morgan fingerprint density at radius 3 is 3.10 bits per heavy atom. The smallest absolute Gasteiger partial charge is 0.226 e. The molecule has 3 rings (SSSR count). The van der Waals surface area contributed by atoms with Crippen molar-refractivity contribution in [1.82, 2.24) is 15.2 Å². The van der Waals surface area contributed by atoms with Crippen LogP contribution in [-0.4, -0.2) is 35.6 Å². The lowest BCUT2D eigenvalue weighted by atomic mass is 10.2. The lowest BCUT2D eigenvalue weighted by Gasteiger charge is -2.25. The summed E-state index contributed by atoms with van der Waals surface area (Å²) in [6.07, 6.45) is 2.95. The highest BCUT2D eigenvalue weighted by Gasteiger charge is 2.22. The number of hydrogen-bond acceptors (Lipinski definition) is 4. The zero-order valence-electron chi connectivity index (χ0n) is 12.2. The normalized spacial score (nSPS) is 18.5. The molecule has 0 saturated carbocycles. The van der Waals surface area contributed by atoms with Crippen LogP contribution in [0, 0.1) is 0 Å². The molecule has 2 heterocycles. The second kappa shape index (κ2) is 6.60. The lowest BCUT2D eigenvalue weighted by Crippen LogP contribution is -2.36. The summed E-state index contributed by atoms with van der Waals surface area (Å²) in [7, 11) is 0. The highest BCUT2D eigenvalue weighted by molar-refractivity contribution is 6.30. The summed E-state index contributed by atoms with van der Waals surface area (Å²) in [6, 6.07) is 8.18. The first-order valence-corrected chi connectivity index (χ1v) is 7.79. The molecule has 1 fully saturated rings. The van der Waals surface area contributed by atoms with Gasteiger partial charge in [0.15, 0.2) is 0 Å². The third kappa shape index (κ3) is 3.46. The molecule has 1 aliphatic heterocycles. The van der Waals surface area contributed by atoms with Crippen molar-refractivity contribution in [2.75, 3.05) is 19.6 Å². The summed E-state index contributed by atoms with van der Waals surface area (Å²) in [4.78, 5) is 7.04. The van der Waals surface area contributed by atoms with E-state index in [1.165, 1.54) is 6.42 Å². The van der Waals surface area contributed by atoms with Crippen LogP contribution in [0.3, 0.4) is 0 Å². The van der Waals surface area contributed by atoms with Gasteiger partial charge in [-0.05, 0) is 37.7 Å². The average Bonchev–Trinajstić information content (AvgIpc) is 3.16. The molecule has 1 saturated heterocycles. The van der Waals surface area contributed by atoms with Gasteiger partial charge in [-0.2, -0.15) is 0 Å². The van der Waals surface area contributed by atoms with Crippen molar-refractivity contribution in [3.63, 3.8) is 0 Å². The number of nitrogens with one attached hydrogen (secondary N) is 1. The Bertz CT molecular complexity index is 593. The van der Waals surface area contributed by atoms with Gasteiger partial charge in [-0.25, -0.2) is 4.98 Å². The van der Waals surface area contributed by atoms with E-state index in [9.17, 15) is 0 Å². The van der Waals surface area contributed by atoms with Gasteiger partial charge < -0.3 is 9.73 Å². The summed E-state index contributed by atoms with van der Waals surface area (Å²) >= 11 is 6.01. The summed E-state index contributed by atoms with van der Waals surface area (Å²) in [5.74, 6) is 0.633. The molecule has 0 amide bonds. The minimum atomic E-state index is 0.598. The van der Waals surface area contributed by atoms with Crippen LogP contribution >= 0.6 is 11.6 Å². The summed E-state index contributed by atoms with van der Waals surface area (Å²) in [6.45, 7) is 6.20. The van der Waals surface area contributed by atoms with Gasteiger partial charge in [-0.1, -0.05) is 24.6 Å². The average molecular weight is 306 g/mol. The van der Waals surface area contributed by atoms with E-state index < -0.39 is 0 Å². The van der Waals surface area contributed by atoms with Gasteiger partial charge in [0.25, 0.3) is 0 Å². The van der Waals surface area contributed by atoms with Crippen molar-refractivity contribution in [1.29, 1.82) is 0 Å². The molecule has 1 unspecified atom stereocenters. The summed E-state index contributed by atoms with van der Waals surface area (Å²) in [5.41, 5.74) is 1.89. The Morgan fingerprint density at radius 1 is 1.48 bits per heavy atom. The molecule has 1 aliphatic rings. The molecule has 2 aromatic rings. The number of nitrogens with zero attached hydrogens (tertiary/aromatic N) is 2. The van der Waals surface area contributed by atoms with Gasteiger partial charge in [0.05, 0.1) is 5.69 Å². The molecule has 4 nitrogen and oxygen atoms in total. The van der Waals surface area contributed by atoms with E-state index in [4.69, 9.17) is 16.0 Å². The highest BCUT2D eigenvalue weighted by Crippen LogP contribution is 2.23. The van der Waals surface area contributed by atoms with E-state index in [0.29, 0.717) is 17.0 Å². The van der Waals surface area contributed by atoms with Crippen LogP contribution in [0.5, 0.6) is 0 Å². The molecule has 112 valence electrons. The Hall–Kier alpha value is -1.36. The van der Waals surface area contributed by atoms with E-state index in [2.05, 4.69) is 22.1 Å². The van der Waals surface area contributed by atoms with E-state index in [1.807, 2.05) is 24.3 Å². The third-order valence-corrected chi connectivity index (χ3v) is 4.18. The second-order valence-electron chi connectivity index (χ2n) is 5.36. The monoisotopic (exact) mass is 305 g/mol. The maximum atomic E-state index is 6.01. The van der Waals surface area contributed by atoms with Crippen LogP contribution in [0.25, 0.3) is 11.5 Å². The molecule has 21 heavy (non-hydrogen) atoms. The number of rotatable bonds is 5. The van der Waals surface area contributed by atoms with Gasteiger partial charge in [-0.3, -0.25) is 4.90 Å². The molecule has 0 bridgehead atoms. The highest BCUT2D eigenvalue weighted by atomic mass is 35.5. The van der Waals surface area contributed by atoms with E-state index in [1.54, 1.807) is 6.26 Å². The van der Waals surface area contributed by atoms with Crippen LogP contribution in [0.1, 0.15) is 19.0 Å². The molecule has 0 radical (unpaired) electrons. The Balaban J connectivity index is 1.72. The minimum absolute atomic E-state index is 0.598. The Morgan fingerprint density at radius 2 is 2.38 bits per heavy atom. The number of benzene rings is 1. The fraction of sp³-hybridized carbons (Fsp3) is 0.438. The number of hydrogen-bond donors (Lipinski definition) is 1. The summed E-state index contributed by atoms with van der Waals surface area (Å²) < 4.78 is 5.60. The SMILES string of the molecule is CCN(Cc1coc(-c2cccc(Cl)c2)n1)C1CCNC1. The van der Waals surface area contributed by atoms with Crippen molar-refractivity contribution >= 4 is 11.6 Å². The van der Waals surface area contributed by atoms with Crippen molar-refractivity contribution in [2.45, 2.75) is 25.9 Å². The fourth-order valence-electron chi connectivity index (χ4n) is 2.79. The van der Waals surface area contributed by atoms with Crippen LogP contribution in [0.15, 0.2) is 34.9 Å². The predicted molar refractivity (Wildman–Crippen MR) is 84.3 cm³/mol. The Labute approximate surface area is 130 Å². The maximum absolute atomic E-state index is 6.01. The van der Waals surface area contributed by atoms with E-state index >= 15 is 0 Å². The first-order chi connectivity index (χ1) is 10.3. The molecule has 1 atom stereocenters. The molecule has 1 aromatic heterocycles. The fourth-order valence-corrected chi connectivity index (χ4v) is 2.98. The number of likely N-dealkylation sites (N-methyl/N-ethyl adjacent to an activating group) is 1. The molecule has 0 aliphatic carbocycles. The van der Waals surface area contributed by atoms with Crippen LogP contribution in [0.2, 0.25) is 5.02 Å². The van der Waals surface area contributed by atoms with Gasteiger partial charge >= 0.3 is 0 Å². The molecular formula is C16H20ClN3O. The van der Waals surface area contributed by atoms with Crippen LogP contribution < -0.4 is 5.32 Å². The van der Waals surface area contributed by atoms with Crippen LogP contribution in [-0.2, 0) is 6.54 Å². The topological polar surface area (TPSA) is 41.3 Å². The van der Waals surface area contributed by atoms with Crippen molar-refractivity contribution in [3.05, 3.63) is 41.2 Å². The maximum Gasteiger partial charge on any atom is 0.226 e. The number of aromatic nitrogens is 1. The standard InChI is InChI=1S/C16H20ClN3O/c1-2-20(15-6-7-18-9-15)10-14-11-21-16(19-14)12-4-3-5-13(17)8-12/h3-5,8,11,15,18H,2,6-7,9-10H2,1H3. The third-order valence-electron chi connectivity index (χ3n) is 3.95. The van der Waals surface area contributed by atoms with Crippen LogP contribution in [0.4, 0.5) is 0 Å². The predicted octanol–water partition coefficient (Wildman–Crippen LogP) is 3.18. The van der Waals surface area contributed by atoms with Gasteiger partial charge in [0.2, 0.25) is 5.89 Å². The second-order valence-corrected chi connectivity index (χ2v) is 5.80. The molecule has 5 heteroatoms. The molecule has 1 aromatic carbocycles. The molecular weight excluding hydrogens is 286 g/mol. The largest absolute Gasteiger partial charge is 0.444 e. The Kier molecular flexibility index (Phi) is 4.58. The minimum Gasteiger partial charge on any atom is -0.444 e. The molecule has 0 spiro atoms. The number of halogens is 1. The van der Waals surface area contributed by atoms with E-state index in [0.717, 1.165) is 37.4 Å².